The van der Waals surface area contributed by atoms with Crippen LogP contribution in [0.4, 0.5) is 0 Å². The fraction of sp³-hybridized carbons (Fsp3) is 0.0625. The first-order valence-corrected chi connectivity index (χ1v) is 7.03. The molecule has 3 nitrogen and oxygen atoms in total. The first kappa shape index (κ1) is 12.7. The predicted molar refractivity (Wildman–Crippen MR) is 80.4 cm³/mol. The number of Topliss-reactive ketones (excluding diaryl/α,β-unsaturated/α-hetero) is 1. The first-order chi connectivity index (χ1) is 9.74. The van der Waals surface area contributed by atoms with E-state index >= 15 is 0 Å². The summed E-state index contributed by atoms with van der Waals surface area (Å²) in [5.74, 6) is -0.0855. The van der Waals surface area contributed by atoms with Crippen molar-refractivity contribution < 1.29 is 4.79 Å². The number of carbonyl (C=O) groups is 1. The monoisotopic (exact) mass is 281 g/mol. The van der Waals surface area contributed by atoms with Gasteiger partial charge in [-0.05, 0) is 12.1 Å². The third-order valence-electron chi connectivity index (χ3n) is 2.98. The lowest BCUT2D eigenvalue weighted by atomic mass is 10.1. The number of benzene rings is 2. The second-order valence-electron chi connectivity index (χ2n) is 4.38. The molecule has 0 unspecified atom stereocenters. The third kappa shape index (κ3) is 2.51. The maximum atomic E-state index is 12.1. The van der Waals surface area contributed by atoms with Gasteiger partial charge < -0.3 is 0 Å². The summed E-state index contributed by atoms with van der Waals surface area (Å²) in [5, 5.41) is 0. The lowest BCUT2D eigenvalue weighted by Gasteiger charge is -2.01. The third-order valence-corrected chi connectivity index (χ3v) is 3.97. The van der Waals surface area contributed by atoms with Crippen molar-refractivity contribution in [3.8, 4) is 0 Å². The van der Waals surface area contributed by atoms with E-state index in [-0.39, 0.29) is 16.9 Å². The smallest absolute Gasteiger partial charge is 0.254 e. The fourth-order valence-corrected chi connectivity index (χ4v) is 2.78. The highest BCUT2D eigenvalue weighted by Crippen LogP contribution is 2.14. The Morgan fingerprint density at radius 3 is 2.50 bits per heavy atom. The lowest BCUT2D eigenvalue weighted by molar-refractivity contribution is 0.0992. The van der Waals surface area contributed by atoms with Gasteiger partial charge in [0.05, 0.1) is 16.6 Å². The molecule has 0 aliphatic carbocycles. The van der Waals surface area contributed by atoms with Gasteiger partial charge in [-0.15, -0.1) is 0 Å². The van der Waals surface area contributed by atoms with Crippen LogP contribution < -0.4 is 4.74 Å². The van der Waals surface area contributed by atoms with Crippen LogP contribution in [0, 0.1) is 0 Å². The fourth-order valence-electron chi connectivity index (χ4n) is 1.98. The Labute approximate surface area is 119 Å². The largest absolute Gasteiger partial charge is 0.294 e. The maximum absolute atomic E-state index is 12.1. The number of aromatic nitrogens is 1. The van der Waals surface area contributed by atoms with Gasteiger partial charge in [-0.3, -0.25) is 9.59 Å². The SMILES string of the molecule is O=C(Cc1nc2ccccc2sc1=O)c1ccccc1. The molecule has 3 aromatic rings. The van der Waals surface area contributed by atoms with E-state index in [9.17, 15) is 9.59 Å². The van der Waals surface area contributed by atoms with E-state index in [1.165, 1.54) is 0 Å². The summed E-state index contributed by atoms with van der Waals surface area (Å²) in [6.45, 7) is 0. The normalized spacial score (nSPS) is 10.6. The highest BCUT2D eigenvalue weighted by molar-refractivity contribution is 7.16. The van der Waals surface area contributed by atoms with Gasteiger partial charge in [0.15, 0.2) is 5.78 Å². The molecule has 0 saturated carbocycles. The van der Waals surface area contributed by atoms with Crippen LogP contribution in [0.3, 0.4) is 0 Å². The lowest BCUT2D eigenvalue weighted by Crippen LogP contribution is -2.13. The Bertz CT molecular complexity index is 825. The molecule has 0 bridgehead atoms. The van der Waals surface area contributed by atoms with Gasteiger partial charge >= 0.3 is 0 Å². The van der Waals surface area contributed by atoms with Crippen molar-refractivity contribution in [2.45, 2.75) is 6.42 Å². The topological polar surface area (TPSA) is 47.0 Å². The molecule has 0 amide bonds. The number of rotatable bonds is 3. The van der Waals surface area contributed by atoms with Crippen LogP contribution in [0.5, 0.6) is 0 Å². The van der Waals surface area contributed by atoms with E-state index in [1.54, 1.807) is 12.1 Å². The Balaban J connectivity index is 1.97. The molecule has 0 aliphatic heterocycles. The van der Waals surface area contributed by atoms with Crippen molar-refractivity contribution >= 4 is 27.3 Å². The standard InChI is InChI=1S/C16H11NO2S/c18-14(11-6-2-1-3-7-11)10-13-16(19)20-15-9-5-4-8-12(15)17-13/h1-9H,10H2. The van der Waals surface area contributed by atoms with Gasteiger partial charge in [0.25, 0.3) is 4.74 Å². The number of ketones is 1. The van der Waals surface area contributed by atoms with Crippen LogP contribution in [0.15, 0.2) is 59.4 Å². The molecule has 0 N–H and O–H groups in total. The van der Waals surface area contributed by atoms with Crippen LogP contribution in [0.25, 0.3) is 10.2 Å². The van der Waals surface area contributed by atoms with Crippen LogP contribution in [0.1, 0.15) is 16.1 Å². The average molecular weight is 281 g/mol. The molecule has 98 valence electrons. The van der Waals surface area contributed by atoms with E-state index in [2.05, 4.69) is 4.98 Å². The van der Waals surface area contributed by atoms with E-state index in [1.807, 2.05) is 42.5 Å². The van der Waals surface area contributed by atoms with Gasteiger partial charge in [-0.1, -0.05) is 53.8 Å². The average Bonchev–Trinajstić information content (AvgIpc) is 2.49. The molecule has 20 heavy (non-hydrogen) atoms. The van der Waals surface area contributed by atoms with Crippen molar-refractivity contribution in [2.24, 2.45) is 0 Å². The van der Waals surface area contributed by atoms with E-state index in [0.29, 0.717) is 11.3 Å². The first-order valence-electron chi connectivity index (χ1n) is 6.21. The molecule has 2 aromatic carbocycles. The van der Waals surface area contributed by atoms with Gasteiger partial charge in [-0.25, -0.2) is 4.98 Å². The molecule has 0 saturated heterocycles. The minimum absolute atomic E-state index is 0.0458. The van der Waals surface area contributed by atoms with Gasteiger partial charge in [0, 0.05) is 5.56 Å². The molecule has 3 rings (SSSR count). The summed E-state index contributed by atoms with van der Waals surface area (Å²) in [5.41, 5.74) is 1.68. The number of nitrogens with zero attached hydrogens (tertiary/aromatic N) is 1. The second kappa shape index (κ2) is 5.35. The summed E-state index contributed by atoms with van der Waals surface area (Å²) in [7, 11) is 0. The Morgan fingerprint density at radius 2 is 1.70 bits per heavy atom. The molecule has 0 spiro atoms. The highest BCUT2D eigenvalue weighted by Gasteiger charge is 2.12. The van der Waals surface area contributed by atoms with Crippen molar-refractivity contribution in [3.05, 3.63) is 75.4 Å². The molecule has 0 aliphatic rings. The number of carbonyl (C=O) groups excluding carboxylic acids is 1. The number of hydrogen-bond acceptors (Lipinski definition) is 4. The minimum atomic E-state index is -0.145. The van der Waals surface area contributed by atoms with Gasteiger partial charge in [-0.2, -0.15) is 0 Å². The van der Waals surface area contributed by atoms with Crippen molar-refractivity contribution in [3.63, 3.8) is 0 Å². The van der Waals surface area contributed by atoms with Crippen molar-refractivity contribution in [2.75, 3.05) is 0 Å². The van der Waals surface area contributed by atoms with Crippen molar-refractivity contribution in [1.29, 1.82) is 0 Å². The second-order valence-corrected chi connectivity index (χ2v) is 5.40. The summed E-state index contributed by atoms with van der Waals surface area (Å²) in [4.78, 5) is 28.4. The Morgan fingerprint density at radius 1 is 1.00 bits per heavy atom. The number of para-hydroxylation sites is 1. The summed E-state index contributed by atoms with van der Waals surface area (Å²) >= 11 is 1.14. The minimum Gasteiger partial charge on any atom is -0.294 e. The zero-order chi connectivity index (χ0) is 13.9. The molecule has 1 heterocycles. The van der Waals surface area contributed by atoms with E-state index in [0.717, 1.165) is 21.6 Å². The molecule has 0 radical (unpaired) electrons. The van der Waals surface area contributed by atoms with Crippen LogP contribution >= 0.6 is 11.3 Å². The molecule has 4 heteroatoms. The summed E-state index contributed by atoms with van der Waals surface area (Å²) in [6, 6.07) is 16.4. The molecular weight excluding hydrogens is 270 g/mol. The van der Waals surface area contributed by atoms with Crippen molar-refractivity contribution in [1.82, 2.24) is 4.98 Å². The molecule has 0 fully saturated rings. The molecule has 0 atom stereocenters. The summed E-state index contributed by atoms with van der Waals surface area (Å²) in [6.07, 6.45) is 0.0458. The van der Waals surface area contributed by atoms with Crippen LogP contribution in [-0.4, -0.2) is 10.8 Å². The van der Waals surface area contributed by atoms with E-state index < -0.39 is 0 Å². The highest BCUT2D eigenvalue weighted by atomic mass is 32.1. The number of fused-ring (bicyclic) bond motifs is 1. The van der Waals surface area contributed by atoms with Gasteiger partial charge in [0.2, 0.25) is 0 Å². The zero-order valence-corrected chi connectivity index (χ0v) is 11.4. The molecule has 1 aromatic heterocycles. The van der Waals surface area contributed by atoms with Crippen LogP contribution in [0.2, 0.25) is 0 Å². The number of hydrogen-bond donors (Lipinski definition) is 0. The Hall–Kier alpha value is -2.33. The van der Waals surface area contributed by atoms with Crippen LogP contribution in [-0.2, 0) is 6.42 Å². The quantitative estimate of drug-likeness (QED) is 0.693. The van der Waals surface area contributed by atoms with Gasteiger partial charge in [0.1, 0.15) is 5.69 Å². The maximum Gasteiger partial charge on any atom is 0.254 e. The Kier molecular flexibility index (Phi) is 3.39. The summed E-state index contributed by atoms with van der Waals surface area (Å²) < 4.78 is 0.696. The predicted octanol–water partition coefficient (Wildman–Crippen LogP) is 3.08. The molecular formula is C16H11NO2S. The zero-order valence-electron chi connectivity index (χ0n) is 10.6. The van der Waals surface area contributed by atoms with E-state index in [4.69, 9.17) is 0 Å².